The van der Waals surface area contributed by atoms with Crippen molar-refractivity contribution in [2.45, 2.75) is 39.2 Å². The topological polar surface area (TPSA) is 105 Å². The molecule has 1 saturated heterocycles. The van der Waals surface area contributed by atoms with Crippen molar-refractivity contribution in [2.75, 3.05) is 28.0 Å². The lowest BCUT2D eigenvalue weighted by Gasteiger charge is -2.36. The Morgan fingerprint density at radius 2 is 1.81 bits per heavy atom. The number of rotatable bonds is 3. The molecule has 2 aliphatic rings. The minimum Gasteiger partial charge on any atom is -0.349 e. The van der Waals surface area contributed by atoms with Crippen LogP contribution in [0.1, 0.15) is 42.8 Å². The highest BCUT2D eigenvalue weighted by Gasteiger charge is 2.30. The fourth-order valence-electron chi connectivity index (χ4n) is 4.40. The van der Waals surface area contributed by atoms with Crippen molar-refractivity contribution >= 4 is 21.5 Å². The van der Waals surface area contributed by atoms with E-state index in [-0.39, 0.29) is 11.8 Å². The third-order valence-corrected chi connectivity index (χ3v) is 7.90. The van der Waals surface area contributed by atoms with Crippen molar-refractivity contribution in [3.63, 3.8) is 0 Å². The summed E-state index contributed by atoms with van der Waals surface area (Å²) in [5, 5.41) is 0. The number of hydrogen-bond acceptors (Lipinski definition) is 8. The lowest BCUT2D eigenvalue weighted by atomic mass is 9.99. The summed E-state index contributed by atoms with van der Waals surface area (Å²) in [6.45, 7) is 5.24. The lowest BCUT2D eigenvalue weighted by Crippen LogP contribution is -2.38. The van der Waals surface area contributed by atoms with Crippen LogP contribution in [0.15, 0.2) is 36.8 Å². The maximum atomic E-state index is 12.6. The van der Waals surface area contributed by atoms with Crippen LogP contribution >= 0.6 is 0 Å². The summed E-state index contributed by atoms with van der Waals surface area (Å²) in [5.74, 6) is 2.01. The first-order valence-corrected chi connectivity index (χ1v) is 12.4. The minimum atomic E-state index is -3.28. The Hall–Kier alpha value is -3.14. The van der Waals surface area contributed by atoms with Crippen molar-refractivity contribution in [2.24, 2.45) is 0 Å². The molecule has 0 bridgehead atoms. The standard InChI is InChI=1S/C22H25N7O2S/c1-15-12-17(29-9-3-4-11-32(29,30)31)13-20(26-15)28-10-6-19-18(16(28)2)14-25-22(27-19)21-23-7-5-8-24-21/h5,7-8,12-14,16H,3-4,6,9-11H2,1-2H3. The molecule has 0 aliphatic carbocycles. The first kappa shape index (κ1) is 20.7. The molecule has 2 aliphatic heterocycles. The van der Waals surface area contributed by atoms with Gasteiger partial charge in [0.1, 0.15) is 5.82 Å². The Morgan fingerprint density at radius 3 is 2.59 bits per heavy atom. The average Bonchev–Trinajstić information content (AvgIpc) is 2.79. The lowest BCUT2D eigenvalue weighted by molar-refractivity contribution is 0.574. The fraction of sp³-hybridized carbons (Fsp3) is 0.409. The number of sulfonamides is 1. The Labute approximate surface area is 187 Å². The first-order chi connectivity index (χ1) is 15.4. The van der Waals surface area contributed by atoms with Crippen LogP contribution in [0.5, 0.6) is 0 Å². The summed E-state index contributed by atoms with van der Waals surface area (Å²) in [7, 11) is -3.28. The van der Waals surface area contributed by atoms with Gasteiger partial charge in [-0.3, -0.25) is 4.31 Å². The van der Waals surface area contributed by atoms with Gasteiger partial charge in [0.15, 0.2) is 11.6 Å². The molecule has 0 spiro atoms. The Kier molecular flexibility index (Phi) is 5.24. The van der Waals surface area contributed by atoms with Gasteiger partial charge < -0.3 is 4.90 Å². The van der Waals surface area contributed by atoms with Crippen LogP contribution in [-0.4, -0.2) is 52.2 Å². The molecule has 32 heavy (non-hydrogen) atoms. The van der Waals surface area contributed by atoms with Crippen LogP contribution < -0.4 is 9.21 Å². The predicted molar refractivity (Wildman–Crippen MR) is 122 cm³/mol. The number of hydrogen-bond donors (Lipinski definition) is 0. The quantitative estimate of drug-likeness (QED) is 0.599. The summed E-state index contributed by atoms with van der Waals surface area (Å²) in [5.41, 5.74) is 3.51. The second-order valence-corrected chi connectivity index (χ2v) is 10.2. The number of nitrogens with zero attached hydrogens (tertiary/aromatic N) is 7. The van der Waals surface area contributed by atoms with E-state index in [2.05, 4.69) is 26.8 Å². The molecule has 0 radical (unpaired) electrons. The molecule has 0 N–H and O–H groups in total. The van der Waals surface area contributed by atoms with Crippen molar-refractivity contribution in [3.05, 3.63) is 53.7 Å². The summed E-state index contributed by atoms with van der Waals surface area (Å²) in [6, 6.07) is 5.51. The zero-order valence-corrected chi connectivity index (χ0v) is 19.0. The molecule has 3 aromatic rings. The van der Waals surface area contributed by atoms with Crippen molar-refractivity contribution in [1.29, 1.82) is 0 Å². The van der Waals surface area contributed by atoms with E-state index in [4.69, 9.17) is 9.97 Å². The van der Waals surface area contributed by atoms with Crippen molar-refractivity contribution < 1.29 is 8.42 Å². The van der Waals surface area contributed by atoms with Gasteiger partial charge in [0.05, 0.1) is 23.2 Å². The van der Waals surface area contributed by atoms with Gasteiger partial charge in [-0.05, 0) is 38.8 Å². The van der Waals surface area contributed by atoms with Crippen LogP contribution in [0.25, 0.3) is 11.6 Å². The zero-order valence-electron chi connectivity index (χ0n) is 18.1. The number of aryl methyl sites for hydroxylation is 1. The Bertz CT molecular complexity index is 1250. The molecule has 166 valence electrons. The van der Waals surface area contributed by atoms with E-state index < -0.39 is 10.0 Å². The highest BCUT2D eigenvalue weighted by atomic mass is 32.2. The average molecular weight is 452 g/mol. The van der Waals surface area contributed by atoms with Crippen LogP contribution in [0, 0.1) is 6.92 Å². The molecular weight excluding hydrogens is 426 g/mol. The second-order valence-electron chi connectivity index (χ2n) is 8.21. The molecule has 0 aromatic carbocycles. The molecular formula is C22H25N7O2S. The maximum Gasteiger partial charge on any atom is 0.235 e. The molecule has 10 heteroatoms. The van der Waals surface area contributed by atoms with Crippen LogP contribution in [0.3, 0.4) is 0 Å². The van der Waals surface area contributed by atoms with Gasteiger partial charge in [-0.25, -0.2) is 33.3 Å². The van der Waals surface area contributed by atoms with Gasteiger partial charge in [0, 0.05) is 55.4 Å². The van der Waals surface area contributed by atoms with Crippen molar-refractivity contribution in [1.82, 2.24) is 24.9 Å². The predicted octanol–water partition coefficient (Wildman–Crippen LogP) is 2.69. The Balaban J connectivity index is 1.46. The van der Waals surface area contributed by atoms with Gasteiger partial charge in [-0.15, -0.1) is 0 Å². The summed E-state index contributed by atoms with van der Waals surface area (Å²) in [6.07, 6.45) is 7.52. The first-order valence-electron chi connectivity index (χ1n) is 10.8. The van der Waals surface area contributed by atoms with Gasteiger partial charge in [0.25, 0.3) is 0 Å². The van der Waals surface area contributed by atoms with Crippen molar-refractivity contribution in [3.8, 4) is 11.6 Å². The molecule has 1 atom stereocenters. The molecule has 9 nitrogen and oxygen atoms in total. The van der Waals surface area contributed by atoms with Crippen LogP contribution in [-0.2, 0) is 16.4 Å². The number of anilines is 2. The fourth-order valence-corrected chi connectivity index (χ4v) is 6.03. The number of fused-ring (bicyclic) bond motifs is 1. The zero-order chi connectivity index (χ0) is 22.3. The van der Waals surface area contributed by atoms with Gasteiger partial charge >= 0.3 is 0 Å². The molecule has 0 amide bonds. The third-order valence-electron chi connectivity index (χ3n) is 6.03. The molecule has 5 rings (SSSR count). The van der Waals surface area contributed by atoms with Gasteiger partial charge in [0.2, 0.25) is 10.0 Å². The highest BCUT2D eigenvalue weighted by Crippen LogP contribution is 2.35. The summed E-state index contributed by atoms with van der Waals surface area (Å²) in [4.78, 5) is 24.6. The largest absolute Gasteiger partial charge is 0.349 e. The van der Waals surface area contributed by atoms with E-state index in [1.807, 2.05) is 25.3 Å². The van der Waals surface area contributed by atoms with Crippen LogP contribution in [0.4, 0.5) is 11.5 Å². The number of aromatic nitrogens is 5. The SMILES string of the molecule is Cc1cc(N2CCCCS2(=O)=O)cc(N2CCc3nc(-c4ncccn4)ncc3C2C)n1. The monoisotopic (exact) mass is 451 g/mol. The molecule has 3 aromatic heterocycles. The van der Waals surface area contributed by atoms with Gasteiger partial charge in [-0.1, -0.05) is 0 Å². The normalized spacial score (nSPS) is 20.1. The smallest absolute Gasteiger partial charge is 0.235 e. The molecule has 1 unspecified atom stereocenters. The second kappa shape index (κ2) is 8.09. The molecule has 0 saturated carbocycles. The van der Waals surface area contributed by atoms with E-state index in [0.717, 1.165) is 42.2 Å². The van der Waals surface area contributed by atoms with E-state index >= 15 is 0 Å². The van der Waals surface area contributed by atoms with Gasteiger partial charge in [-0.2, -0.15) is 0 Å². The van der Waals surface area contributed by atoms with E-state index in [0.29, 0.717) is 30.3 Å². The highest BCUT2D eigenvalue weighted by molar-refractivity contribution is 7.92. The Morgan fingerprint density at radius 1 is 1.00 bits per heavy atom. The summed E-state index contributed by atoms with van der Waals surface area (Å²) < 4.78 is 26.8. The van der Waals surface area contributed by atoms with E-state index in [1.54, 1.807) is 18.5 Å². The summed E-state index contributed by atoms with van der Waals surface area (Å²) >= 11 is 0. The third kappa shape index (κ3) is 3.79. The molecule has 1 fully saturated rings. The maximum absolute atomic E-state index is 12.6. The van der Waals surface area contributed by atoms with E-state index in [9.17, 15) is 8.42 Å². The molecule has 5 heterocycles. The number of pyridine rings is 1. The van der Waals surface area contributed by atoms with E-state index in [1.165, 1.54) is 4.31 Å². The van der Waals surface area contributed by atoms with Crippen LogP contribution in [0.2, 0.25) is 0 Å². The minimum absolute atomic E-state index is 0.00426.